The standard InChI is InChI=1S/2C16H13.2ClH.Zr/c2*1-12-10-14-8-5-9-15(16(14)11-12)13-6-3-2-4-7-13;;;/h2*2-11H,1H3;2*1H;/q;;;;+2/p-2. The van der Waals surface area contributed by atoms with E-state index in [2.05, 4.69) is 123 Å². The van der Waals surface area contributed by atoms with Crippen molar-refractivity contribution >= 4 is 12.2 Å². The van der Waals surface area contributed by atoms with Crippen molar-refractivity contribution in [3.63, 3.8) is 0 Å². The molecule has 2 unspecified atom stereocenters. The van der Waals surface area contributed by atoms with Crippen LogP contribution in [0.4, 0.5) is 0 Å². The summed E-state index contributed by atoms with van der Waals surface area (Å²) in [5, 5.41) is 0. The molecular formula is C32H26Cl2Zr. The summed E-state index contributed by atoms with van der Waals surface area (Å²) in [6, 6.07) is 35.6. The molecule has 4 aromatic rings. The summed E-state index contributed by atoms with van der Waals surface area (Å²) >= 11 is -0.835. The number of hydrogen-bond acceptors (Lipinski definition) is 0. The Morgan fingerprint density at radius 3 is 1.29 bits per heavy atom. The van der Waals surface area contributed by atoms with E-state index in [0.29, 0.717) is 7.25 Å². The topological polar surface area (TPSA) is 0 Å². The summed E-state index contributed by atoms with van der Waals surface area (Å²) in [6.45, 7) is 4.71. The predicted molar refractivity (Wildman–Crippen MR) is 137 cm³/mol. The first-order valence-electron chi connectivity index (χ1n) is 11.7. The van der Waals surface area contributed by atoms with Gasteiger partial charge in [-0.05, 0) is 0 Å². The van der Waals surface area contributed by atoms with Crippen LogP contribution in [-0.2, 0) is 23.2 Å². The molecule has 2 aliphatic carbocycles. The van der Waals surface area contributed by atoms with Gasteiger partial charge in [0.1, 0.15) is 0 Å². The molecule has 0 radical (unpaired) electrons. The van der Waals surface area contributed by atoms with Crippen LogP contribution in [0.5, 0.6) is 0 Å². The third-order valence-electron chi connectivity index (χ3n) is 7.06. The normalized spacial score (nSPS) is 17.2. The van der Waals surface area contributed by atoms with Crippen molar-refractivity contribution in [3.8, 4) is 22.3 Å². The monoisotopic (exact) mass is 570 g/mol. The molecule has 2 atom stereocenters. The Bertz CT molecular complexity index is 1300. The number of benzene rings is 4. The molecule has 0 saturated carbocycles. The molecule has 0 N–H and O–H groups in total. The van der Waals surface area contributed by atoms with Crippen molar-refractivity contribution in [2.45, 2.75) is 21.1 Å². The SMILES string of the molecule is CC1=Cc2c(-c3ccccc3)cccc2[CH]1[Zr+2][CH]1C(C)=Cc2c(-c3ccccc3)cccc21.[Cl-].[Cl-]. The largest absolute Gasteiger partial charge is 1.00 e. The van der Waals surface area contributed by atoms with Crippen LogP contribution in [0.25, 0.3) is 34.4 Å². The van der Waals surface area contributed by atoms with Crippen LogP contribution in [0.15, 0.2) is 108 Å². The molecule has 0 aromatic heterocycles. The van der Waals surface area contributed by atoms with Gasteiger partial charge in [-0.3, -0.25) is 0 Å². The van der Waals surface area contributed by atoms with Crippen molar-refractivity contribution in [1.82, 2.24) is 0 Å². The number of fused-ring (bicyclic) bond motifs is 2. The summed E-state index contributed by atoms with van der Waals surface area (Å²) < 4.78 is 1.26. The molecule has 0 nitrogen and oxygen atoms in total. The van der Waals surface area contributed by atoms with Crippen LogP contribution < -0.4 is 24.8 Å². The minimum absolute atomic E-state index is 0. The van der Waals surface area contributed by atoms with E-state index in [0.717, 1.165) is 0 Å². The molecule has 0 heterocycles. The minimum Gasteiger partial charge on any atom is -1.00 e. The van der Waals surface area contributed by atoms with Gasteiger partial charge in [0, 0.05) is 0 Å². The van der Waals surface area contributed by atoms with Crippen LogP contribution in [-0.4, -0.2) is 0 Å². The molecule has 0 spiro atoms. The van der Waals surface area contributed by atoms with E-state index >= 15 is 0 Å². The van der Waals surface area contributed by atoms with Gasteiger partial charge in [0.25, 0.3) is 0 Å². The summed E-state index contributed by atoms with van der Waals surface area (Å²) in [6.07, 6.45) is 4.94. The van der Waals surface area contributed by atoms with Gasteiger partial charge in [-0.2, -0.15) is 0 Å². The number of allylic oxidation sites excluding steroid dienone is 2. The van der Waals surface area contributed by atoms with Crippen molar-refractivity contribution in [2.75, 3.05) is 0 Å². The van der Waals surface area contributed by atoms with E-state index in [1.165, 1.54) is 33.4 Å². The first-order chi connectivity index (χ1) is 16.2. The fraction of sp³-hybridized carbons (Fsp3) is 0.125. The quantitative estimate of drug-likeness (QED) is 0.353. The van der Waals surface area contributed by atoms with Crippen LogP contribution >= 0.6 is 0 Å². The molecule has 0 aliphatic heterocycles. The molecule has 0 bridgehead atoms. The Balaban J connectivity index is 0.00000144. The molecule has 0 saturated heterocycles. The summed E-state index contributed by atoms with van der Waals surface area (Å²) in [5.41, 5.74) is 14.5. The molecular weight excluding hydrogens is 546 g/mol. The smallest absolute Gasteiger partial charge is 1.00 e. The van der Waals surface area contributed by atoms with Crippen molar-refractivity contribution in [1.29, 1.82) is 0 Å². The fourth-order valence-electron chi connectivity index (χ4n) is 5.45. The van der Waals surface area contributed by atoms with Crippen molar-refractivity contribution < 1.29 is 48.0 Å². The Kier molecular flexibility index (Phi) is 8.02. The van der Waals surface area contributed by atoms with E-state index in [1.807, 2.05) is 0 Å². The van der Waals surface area contributed by atoms with E-state index in [4.69, 9.17) is 0 Å². The van der Waals surface area contributed by atoms with Gasteiger partial charge >= 0.3 is 209 Å². The molecule has 4 aromatic carbocycles. The van der Waals surface area contributed by atoms with Gasteiger partial charge in [-0.25, -0.2) is 0 Å². The Labute approximate surface area is 232 Å². The van der Waals surface area contributed by atoms with Gasteiger partial charge in [-0.1, -0.05) is 0 Å². The average Bonchev–Trinajstić information content (AvgIpc) is 3.36. The molecule has 6 rings (SSSR count). The van der Waals surface area contributed by atoms with E-state index in [-0.39, 0.29) is 24.8 Å². The maximum absolute atomic E-state index is 2.47. The number of hydrogen-bond donors (Lipinski definition) is 0. The third kappa shape index (κ3) is 4.67. The van der Waals surface area contributed by atoms with Gasteiger partial charge < -0.3 is 24.8 Å². The number of halogens is 2. The van der Waals surface area contributed by atoms with E-state index in [9.17, 15) is 0 Å². The number of rotatable bonds is 4. The van der Waals surface area contributed by atoms with Gasteiger partial charge in [0.2, 0.25) is 0 Å². The van der Waals surface area contributed by atoms with Crippen LogP contribution in [0.3, 0.4) is 0 Å². The Hall–Kier alpha value is -2.18. The second kappa shape index (κ2) is 10.8. The van der Waals surface area contributed by atoms with Crippen molar-refractivity contribution in [2.24, 2.45) is 0 Å². The maximum atomic E-state index is 2.47. The van der Waals surface area contributed by atoms with E-state index in [1.54, 1.807) is 22.3 Å². The Morgan fingerprint density at radius 2 is 0.886 bits per heavy atom. The zero-order valence-electron chi connectivity index (χ0n) is 19.8. The molecule has 0 fully saturated rings. The minimum atomic E-state index is -0.835. The summed E-state index contributed by atoms with van der Waals surface area (Å²) in [5.74, 6) is 0. The van der Waals surface area contributed by atoms with Gasteiger partial charge in [0.15, 0.2) is 0 Å². The van der Waals surface area contributed by atoms with Crippen LogP contribution in [0.1, 0.15) is 43.4 Å². The van der Waals surface area contributed by atoms with Crippen LogP contribution in [0, 0.1) is 0 Å². The molecule has 2 aliphatic rings. The van der Waals surface area contributed by atoms with Gasteiger partial charge in [0.05, 0.1) is 0 Å². The second-order valence-electron chi connectivity index (χ2n) is 9.16. The average molecular weight is 573 g/mol. The van der Waals surface area contributed by atoms with Gasteiger partial charge in [-0.15, -0.1) is 0 Å². The zero-order valence-corrected chi connectivity index (χ0v) is 23.8. The molecule has 0 amide bonds. The second-order valence-corrected chi connectivity index (χ2v) is 12.8. The first kappa shape index (κ1) is 25.9. The fourth-order valence-corrected chi connectivity index (χ4v) is 10.1. The first-order valence-corrected chi connectivity index (χ1v) is 14.5. The summed E-state index contributed by atoms with van der Waals surface area (Å²) in [4.78, 5) is 0. The van der Waals surface area contributed by atoms with E-state index < -0.39 is 23.2 Å². The summed E-state index contributed by atoms with van der Waals surface area (Å²) in [7, 11) is 0. The predicted octanol–water partition coefficient (Wildman–Crippen LogP) is 2.73. The maximum Gasteiger partial charge on any atom is -1.00 e. The van der Waals surface area contributed by atoms with Crippen LogP contribution in [0.2, 0.25) is 0 Å². The van der Waals surface area contributed by atoms with Crippen molar-refractivity contribution in [3.05, 3.63) is 130 Å². The third-order valence-corrected chi connectivity index (χ3v) is 12.5. The molecule has 172 valence electrons. The molecule has 3 heteroatoms. The Morgan fingerprint density at radius 1 is 0.486 bits per heavy atom. The molecule has 35 heavy (non-hydrogen) atoms. The zero-order chi connectivity index (χ0) is 22.4.